The second-order valence-corrected chi connectivity index (χ2v) is 8.75. The molecule has 0 saturated carbocycles. The third-order valence-corrected chi connectivity index (χ3v) is 6.22. The Morgan fingerprint density at radius 2 is 1.78 bits per heavy atom. The fraction of sp³-hybridized carbons (Fsp3) is 0.389. The molecule has 1 aromatic carbocycles. The van der Waals surface area contributed by atoms with Gasteiger partial charge in [-0.05, 0) is 68.0 Å². The number of fused-ring (bicyclic) bond motifs is 1. The van der Waals surface area contributed by atoms with Crippen molar-refractivity contribution in [1.29, 1.82) is 0 Å². The first kappa shape index (κ1) is 16.1. The molecule has 2 aromatic rings. The van der Waals surface area contributed by atoms with Crippen LogP contribution in [0.25, 0.3) is 11.1 Å². The average Bonchev–Trinajstić information content (AvgIpc) is 2.87. The van der Waals surface area contributed by atoms with Crippen molar-refractivity contribution in [2.75, 3.05) is 0 Å². The molecule has 0 radical (unpaired) electrons. The Morgan fingerprint density at radius 1 is 1.09 bits per heavy atom. The van der Waals surface area contributed by atoms with Gasteiger partial charge in [-0.1, -0.05) is 18.2 Å². The topological polar surface area (TPSA) is 59.1 Å². The normalized spacial score (nSPS) is 17.5. The van der Waals surface area contributed by atoms with E-state index in [0.717, 1.165) is 29.7 Å². The van der Waals surface area contributed by atoms with Crippen LogP contribution in [-0.4, -0.2) is 24.7 Å². The lowest BCUT2D eigenvalue weighted by Gasteiger charge is -2.14. The smallest absolute Gasteiger partial charge is 0.214 e. The third kappa shape index (κ3) is 3.46. The number of pyridine rings is 1. The van der Waals surface area contributed by atoms with Crippen molar-refractivity contribution in [3.63, 3.8) is 0 Å². The molecule has 1 heterocycles. The SMILES string of the molecule is Cc1cc(-c2ccc3c(c2)CC(NS(=O)(=O)C(C)C)C3)ccn1. The molecule has 5 heteroatoms. The van der Waals surface area contributed by atoms with E-state index < -0.39 is 15.3 Å². The van der Waals surface area contributed by atoms with Crippen LogP contribution in [0.2, 0.25) is 0 Å². The van der Waals surface area contributed by atoms with E-state index in [1.165, 1.54) is 11.1 Å². The van der Waals surface area contributed by atoms with Crippen molar-refractivity contribution < 1.29 is 8.42 Å². The molecular weight excluding hydrogens is 308 g/mol. The van der Waals surface area contributed by atoms with Gasteiger partial charge in [-0.2, -0.15) is 0 Å². The first-order chi connectivity index (χ1) is 10.8. The number of aryl methyl sites for hydroxylation is 1. The molecule has 23 heavy (non-hydrogen) atoms. The Morgan fingerprint density at radius 3 is 2.48 bits per heavy atom. The zero-order valence-corrected chi connectivity index (χ0v) is 14.5. The lowest BCUT2D eigenvalue weighted by molar-refractivity contribution is 0.547. The van der Waals surface area contributed by atoms with Crippen molar-refractivity contribution in [1.82, 2.24) is 9.71 Å². The summed E-state index contributed by atoms with van der Waals surface area (Å²) in [7, 11) is -3.23. The van der Waals surface area contributed by atoms with Gasteiger partial charge >= 0.3 is 0 Å². The van der Waals surface area contributed by atoms with Crippen LogP contribution in [0.1, 0.15) is 30.7 Å². The Bertz CT molecular complexity index is 829. The molecule has 4 nitrogen and oxygen atoms in total. The second-order valence-electron chi connectivity index (χ2n) is 6.49. The van der Waals surface area contributed by atoms with Gasteiger partial charge < -0.3 is 0 Å². The fourth-order valence-corrected chi connectivity index (χ4v) is 3.88. The highest BCUT2D eigenvalue weighted by Gasteiger charge is 2.27. The van der Waals surface area contributed by atoms with Crippen molar-refractivity contribution in [3.8, 4) is 11.1 Å². The van der Waals surface area contributed by atoms with Gasteiger partial charge in [-0.3, -0.25) is 4.98 Å². The molecular formula is C18H22N2O2S. The van der Waals surface area contributed by atoms with Gasteiger partial charge in [-0.25, -0.2) is 13.1 Å². The minimum atomic E-state index is -3.23. The van der Waals surface area contributed by atoms with Gasteiger partial charge in [0.2, 0.25) is 10.0 Å². The van der Waals surface area contributed by atoms with Crippen LogP contribution in [0.3, 0.4) is 0 Å². The minimum absolute atomic E-state index is 0.0353. The van der Waals surface area contributed by atoms with Crippen LogP contribution in [0.4, 0.5) is 0 Å². The van der Waals surface area contributed by atoms with Gasteiger partial charge in [0.15, 0.2) is 0 Å². The highest BCUT2D eigenvalue weighted by molar-refractivity contribution is 7.90. The first-order valence-corrected chi connectivity index (χ1v) is 9.46. The standard InChI is InChI=1S/C18H22N2O2S/c1-12(2)23(21,22)20-18-10-15-5-4-14(9-17(15)11-18)16-6-7-19-13(3)8-16/h4-9,12,18,20H,10-11H2,1-3H3. The molecule has 0 aliphatic heterocycles. The summed E-state index contributed by atoms with van der Waals surface area (Å²) < 4.78 is 26.9. The Hall–Kier alpha value is -1.72. The maximum Gasteiger partial charge on any atom is 0.214 e. The van der Waals surface area contributed by atoms with Crippen molar-refractivity contribution in [3.05, 3.63) is 53.3 Å². The molecule has 0 fully saturated rings. The van der Waals surface area contributed by atoms with Crippen LogP contribution in [-0.2, 0) is 22.9 Å². The number of hydrogen-bond donors (Lipinski definition) is 1. The second kappa shape index (κ2) is 6.06. The summed E-state index contributed by atoms with van der Waals surface area (Å²) in [5.74, 6) is 0. The van der Waals surface area contributed by atoms with Crippen LogP contribution in [0.15, 0.2) is 36.5 Å². The van der Waals surface area contributed by atoms with E-state index in [9.17, 15) is 8.42 Å². The molecule has 3 rings (SSSR count). The van der Waals surface area contributed by atoms with Crippen molar-refractivity contribution in [2.24, 2.45) is 0 Å². The van der Waals surface area contributed by atoms with E-state index in [1.54, 1.807) is 13.8 Å². The number of sulfonamides is 1. The van der Waals surface area contributed by atoms with E-state index >= 15 is 0 Å². The minimum Gasteiger partial charge on any atom is -0.262 e. The zero-order chi connectivity index (χ0) is 16.6. The number of rotatable bonds is 4. The summed E-state index contributed by atoms with van der Waals surface area (Å²) in [6, 6.07) is 10.4. The molecule has 0 bridgehead atoms. The number of hydrogen-bond acceptors (Lipinski definition) is 3. The third-order valence-electron chi connectivity index (χ3n) is 4.32. The van der Waals surface area contributed by atoms with Gasteiger partial charge in [0, 0.05) is 17.9 Å². The van der Waals surface area contributed by atoms with Gasteiger partial charge in [0.05, 0.1) is 5.25 Å². The Labute approximate surface area is 138 Å². The van der Waals surface area contributed by atoms with E-state index in [2.05, 4.69) is 34.0 Å². The summed E-state index contributed by atoms with van der Waals surface area (Å²) in [4.78, 5) is 4.23. The largest absolute Gasteiger partial charge is 0.262 e. The first-order valence-electron chi connectivity index (χ1n) is 7.91. The van der Waals surface area contributed by atoms with Gasteiger partial charge in [0.1, 0.15) is 0 Å². The molecule has 122 valence electrons. The summed E-state index contributed by atoms with van der Waals surface area (Å²) in [5, 5.41) is -0.401. The van der Waals surface area contributed by atoms with Crippen LogP contribution in [0, 0.1) is 6.92 Å². The number of aromatic nitrogens is 1. The molecule has 0 saturated heterocycles. The lowest BCUT2D eigenvalue weighted by Crippen LogP contribution is -2.39. The van der Waals surface area contributed by atoms with Gasteiger partial charge in [0.25, 0.3) is 0 Å². The van der Waals surface area contributed by atoms with Crippen molar-refractivity contribution >= 4 is 10.0 Å². The molecule has 1 aliphatic rings. The summed E-state index contributed by atoms with van der Waals surface area (Å²) in [5.41, 5.74) is 5.75. The van der Waals surface area contributed by atoms with Crippen LogP contribution < -0.4 is 4.72 Å². The maximum atomic E-state index is 12.0. The summed E-state index contributed by atoms with van der Waals surface area (Å²) >= 11 is 0. The lowest BCUT2D eigenvalue weighted by atomic mass is 10.0. The quantitative estimate of drug-likeness (QED) is 0.938. The predicted molar refractivity (Wildman–Crippen MR) is 92.8 cm³/mol. The van der Waals surface area contributed by atoms with E-state index in [-0.39, 0.29) is 6.04 Å². The number of benzene rings is 1. The van der Waals surface area contributed by atoms with Crippen LogP contribution >= 0.6 is 0 Å². The number of nitrogens with one attached hydrogen (secondary N) is 1. The summed E-state index contributed by atoms with van der Waals surface area (Å²) in [6.45, 7) is 5.39. The molecule has 1 unspecified atom stereocenters. The Kier molecular flexibility index (Phi) is 4.25. The molecule has 1 N–H and O–H groups in total. The molecule has 1 atom stereocenters. The zero-order valence-electron chi connectivity index (χ0n) is 13.7. The molecule has 1 aromatic heterocycles. The van der Waals surface area contributed by atoms with Gasteiger partial charge in [-0.15, -0.1) is 0 Å². The monoisotopic (exact) mass is 330 g/mol. The average molecular weight is 330 g/mol. The highest BCUT2D eigenvalue weighted by atomic mass is 32.2. The molecule has 1 aliphatic carbocycles. The molecule has 0 amide bonds. The van der Waals surface area contributed by atoms with E-state index in [0.29, 0.717) is 0 Å². The van der Waals surface area contributed by atoms with E-state index in [4.69, 9.17) is 0 Å². The number of nitrogens with zero attached hydrogens (tertiary/aromatic N) is 1. The van der Waals surface area contributed by atoms with E-state index in [1.807, 2.05) is 19.2 Å². The maximum absolute atomic E-state index is 12.0. The molecule has 0 spiro atoms. The predicted octanol–water partition coefficient (Wildman–Crippen LogP) is 2.85. The van der Waals surface area contributed by atoms with Crippen LogP contribution in [0.5, 0.6) is 0 Å². The fourth-order valence-electron chi connectivity index (χ4n) is 2.97. The Balaban J connectivity index is 1.82. The highest BCUT2D eigenvalue weighted by Crippen LogP contribution is 2.28. The summed E-state index contributed by atoms with van der Waals surface area (Å²) in [6.07, 6.45) is 3.33. The van der Waals surface area contributed by atoms with Crippen molar-refractivity contribution in [2.45, 2.75) is 44.9 Å².